The van der Waals surface area contributed by atoms with Crippen LogP contribution in [-0.2, 0) is 9.53 Å². The summed E-state index contributed by atoms with van der Waals surface area (Å²) in [6, 6.07) is 9.98. The van der Waals surface area contributed by atoms with Gasteiger partial charge in [0, 0.05) is 11.6 Å². The Hall–Kier alpha value is -2.47. The van der Waals surface area contributed by atoms with Crippen LogP contribution < -0.4 is 5.32 Å². The molecule has 2 aromatic rings. The molecule has 132 valence electrons. The van der Waals surface area contributed by atoms with E-state index in [-0.39, 0.29) is 35.5 Å². The third-order valence-corrected chi connectivity index (χ3v) is 4.47. The Morgan fingerprint density at radius 1 is 1.12 bits per heavy atom. The number of ketones is 1. The van der Waals surface area contributed by atoms with Gasteiger partial charge in [0.05, 0.1) is 10.4 Å². The predicted octanol–water partition coefficient (Wildman–Crippen LogP) is 3.44. The molecule has 1 atom stereocenters. The van der Waals surface area contributed by atoms with Gasteiger partial charge in [-0.1, -0.05) is 37.6 Å². The predicted molar refractivity (Wildman–Crippen MR) is 97.0 cm³/mol. The highest BCUT2D eigenvalue weighted by atomic mass is 32.1. The zero-order valence-electron chi connectivity index (χ0n) is 14.3. The average Bonchev–Trinajstić information content (AvgIpc) is 3.14. The first kappa shape index (κ1) is 18.9. The minimum Gasteiger partial charge on any atom is -0.452 e. The fraction of sp³-hybridized carbons (Fsp3) is 0.316. The van der Waals surface area contributed by atoms with Crippen molar-refractivity contribution >= 4 is 29.0 Å². The Bertz CT molecular complexity index is 740. The molecule has 0 bridgehead atoms. The van der Waals surface area contributed by atoms with Crippen molar-refractivity contribution in [3.63, 3.8) is 0 Å². The number of amides is 1. The molecule has 0 fully saturated rings. The van der Waals surface area contributed by atoms with E-state index in [1.54, 1.807) is 35.7 Å². The molecule has 25 heavy (non-hydrogen) atoms. The van der Waals surface area contributed by atoms with Crippen LogP contribution >= 0.6 is 11.3 Å². The second-order valence-electron chi connectivity index (χ2n) is 5.69. The van der Waals surface area contributed by atoms with Crippen molar-refractivity contribution in [2.45, 2.75) is 32.7 Å². The molecule has 1 heterocycles. The van der Waals surface area contributed by atoms with E-state index in [0.29, 0.717) is 4.88 Å². The number of hydrogen-bond acceptors (Lipinski definition) is 5. The van der Waals surface area contributed by atoms with Crippen molar-refractivity contribution in [2.24, 2.45) is 0 Å². The molecule has 0 aliphatic rings. The zero-order chi connectivity index (χ0) is 18.2. The smallest absolute Gasteiger partial charge is 0.339 e. The summed E-state index contributed by atoms with van der Waals surface area (Å²) in [6.45, 7) is 3.57. The summed E-state index contributed by atoms with van der Waals surface area (Å²) < 4.78 is 5.08. The summed E-state index contributed by atoms with van der Waals surface area (Å²) >= 11 is 1.31. The molecule has 0 saturated heterocycles. The number of ether oxygens (including phenoxy) is 1. The van der Waals surface area contributed by atoms with Gasteiger partial charge in [-0.15, -0.1) is 11.3 Å². The number of rotatable bonds is 8. The van der Waals surface area contributed by atoms with Crippen molar-refractivity contribution < 1.29 is 19.1 Å². The summed E-state index contributed by atoms with van der Waals surface area (Å²) in [5, 5.41) is 4.57. The van der Waals surface area contributed by atoms with Crippen molar-refractivity contribution in [3.05, 3.63) is 57.8 Å². The topological polar surface area (TPSA) is 72.5 Å². The van der Waals surface area contributed by atoms with Crippen LogP contribution in [0.3, 0.4) is 0 Å². The van der Waals surface area contributed by atoms with E-state index in [4.69, 9.17) is 4.74 Å². The van der Waals surface area contributed by atoms with E-state index in [1.165, 1.54) is 17.4 Å². The van der Waals surface area contributed by atoms with Gasteiger partial charge in [-0.25, -0.2) is 4.79 Å². The molecule has 2 rings (SSSR count). The summed E-state index contributed by atoms with van der Waals surface area (Å²) in [4.78, 5) is 37.2. The maximum Gasteiger partial charge on any atom is 0.339 e. The third kappa shape index (κ3) is 5.26. The molecule has 1 aromatic heterocycles. The second-order valence-corrected chi connectivity index (χ2v) is 6.63. The number of carbonyl (C=O) groups excluding carboxylic acids is 3. The third-order valence-electron chi connectivity index (χ3n) is 3.60. The van der Waals surface area contributed by atoms with Crippen molar-refractivity contribution in [2.75, 3.05) is 6.61 Å². The second kappa shape index (κ2) is 9.13. The normalized spacial score (nSPS) is 11.6. The first-order valence-corrected chi connectivity index (χ1v) is 9.04. The van der Waals surface area contributed by atoms with Crippen LogP contribution in [0.25, 0.3) is 0 Å². The van der Waals surface area contributed by atoms with E-state index in [2.05, 4.69) is 5.32 Å². The molecule has 1 unspecified atom stereocenters. The highest BCUT2D eigenvalue weighted by Crippen LogP contribution is 2.19. The number of thiophene rings is 1. The lowest BCUT2D eigenvalue weighted by Crippen LogP contribution is -2.35. The summed E-state index contributed by atoms with van der Waals surface area (Å²) in [7, 11) is 0. The maximum atomic E-state index is 12.5. The van der Waals surface area contributed by atoms with Gasteiger partial charge < -0.3 is 10.1 Å². The van der Waals surface area contributed by atoms with E-state index in [1.807, 2.05) is 13.8 Å². The van der Waals surface area contributed by atoms with Gasteiger partial charge in [0.25, 0.3) is 5.91 Å². The molecule has 1 aromatic carbocycles. The lowest BCUT2D eigenvalue weighted by molar-refractivity contribution is -0.124. The van der Waals surface area contributed by atoms with E-state index in [0.717, 1.165) is 12.8 Å². The van der Waals surface area contributed by atoms with Crippen LogP contribution in [0, 0.1) is 0 Å². The largest absolute Gasteiger partial charge is 0.452 e. The van der Waals surface area contributed by atoms with Crippen molar-refractivity contribution in [1.82, 2.24) is 5.32 Å². The molecule has 5 nitrogen and oxygen atoms in total. The summed E-state index contributed by atoms with van der Waals surface area (Å²) in [6.07, 6.45) is 1.82. The van der Waals surface area contributed by atoms with Crippen LogP contribution in [0.4, 0.5) is 0 Å². The minimum atomic E-state index is -0.682. The Kier molecular flexibility index (Phi) is 6.89. The van der Waals surface area contributed by atoms with Crippen LogP contribution in [0.2, 0.25) is 0 Å². The molecular formula is C19H21NO4S. The first-order chi connectivity index (χ1) is 12.0. The number of carbonyl (C=O) groups is 3. The van der Waals surface area contributed by atoms with Gasteiger partial charge in [-0.05, 0) is 30.9 Å². The van der Waals surface area contributed by atoms with Crippen molar-refractivity contribution in [1.29, 1.82) is 0 Å². The lowest BCUT2D eigenvalue weighted by atomic mass is 10.0. The quantitative estimate of drug-likeness (QED) is 0.579. The van der Waals surface area contributed by atoms with E-state index in [9.17, 15) is 14.4 Å². The Morgan fingerprint density at radius 3 is 2.48 bits per heavy atom. The zero-order valence-corrected chi connectivity index (χ0v) is 15.1. The summed E-state index contributed by atoms with van der Waals surface area (Å²) in [5.74, 6) is -1.27. The number of hydrogen-bond donors (Lipinski definition) is 1. The highest BCUT2D eigenvalue weighted by Gasteiger charge is 2.20. The Balaban J connectivity index is 2.03. The van der Waals surface area contributed by atoms with Gasteiger partial charge in [0.1, 0.15) is 0 Å². The number of esters is 1. The fourth-order valence-corrected chi connectivity index (χ4v) is 3.11. The van der Waals surface area contributed by atoms with Crippen LogP contribution in [0.5, 0.6) is 0 Å². The minimum absolute atomic E-state index is 0.0314. The monoisotopic (exact) mass is 359 g/mol. The van der Waals surface area contributed by atoms with Crippen molar-refractivity contribution in [3.8, 4) is 0 Å². The Morgan fingerprint density at radius 2 is 1.84 bits per heavy atom. The standard InChI is InChI=1S/C19H21NO4S/c1-3-7-13(2)20-17(21)12-24-19(23)15-9-5-4-8-14(15)18(22)16-10-6-11-25-16/h4-6,8-11,13H,3,7,12H2,1-2H3,(H,20,21). The first-order valence-electron chi connectivity index (χ1n) is 8.16. The molecule has 1 amide bonds. The Labute approximate surface area is 151 Å². The molecule has 0 radical (unpaired) electrons. The van der Waals surface area contributed by atoms with Gasteiger partial charge in [-0.2, -0.15) is 0 Å². The molecule has 0 aliphatic heterocycles. The maximum absolute atomic E-state index is 12.5. The van der Waals surface area contributed by atoms with Crippen LogP contribution in [0.1, 0.15) is 52.3 Å². The molecule has 0 aliphatic carbocycles. The molecule has 0 spiro atoms. The number of nitrogens with one attached hydrogen (secondary N) is 1. The van der Waals surface area contributed by atoms with E-state index >= 15 is 0 Å². The number of benzene rings is 1. The fourth-order valence-electron chi connectivity index (χ4n) is 2.43. The van der Waals surface area contributed by atoms with Gasteiger partial charge >= 0.3 is 5.97 Å². The average molecular weight is 359 g/mol. The summed E-state index contributed by atoms with van der Waals surface area (Å²) in [5.41, 5.74) is 0.435. The van der Waals surface area contributed by atoms with Crippen LogP contribution in [-0.4, -0.2) is 30.3 Å². The van der Waals surface area contributed by atoms with Gasteiger partial charge in [-0.3, -0.25) is 9.59 Å². The van der Waals surface area contributed by atoms with Gasteiger partial charge in [0.2, 0.25) is 5.78 Å². The molecule has 6 heteroatoms. The lowest BCUT2D eigenvalue weighted by Gasteiger charge is -2.13. The van der Waals surface area contributed by atoms with Crippen LogP contribution in [0.15, 0.2) is 41.8 Å². The molecule has 1 N–H and O–H groups in total. The molecular weight excluding hydrogens is 338 g/mol. The highest BCUT2D eigenvalue weighted by molar-refractivity contribution is 7.12. The SMILES string of the molecule is CCCC(C)NC(=O)COC(=O)c1ccccc1C(=O)c1cccs1. The van der Waals surface area contributed by atoms with Gasteiger partial charge in [0.15, 0.2) is 6.61 Å². The molecule has 0 saturated carbocycles. The van der Waals surface area contributed by atoms with E-state index < -0.39 is 5.97 Å².